The van der Waals surface area contributed by atoms with Crippen LogP contribution < -0.4 is 0 Å². The average molecular weight is 276 g/mol. The summed E-state index contributed by atoms with van der Waals surface area (Å²) in [5.74, 6) is 12.0. The molecule has 0 radical (unpaired) electrons. The Balaban J connectivity index is 3.19. The third-order valence-corrected chi connectivity index (χ3v) is 2.97. The fourth-order valence-corrected chi connectivity index (χ4v) is 1.84. The highest BCUT2D eigenvalue weighted by molar-refractivity contribution is 5.66. The molecule has 0 heterocycles. The Morgan fingerprint density at radius 1 is 0.750 bits per heavy atom. The van der Waals surface area contributed by atoms with E-state index < -0.39 is 5.97 Å². The molecule has 0 saturated carbocycles. The van der Waals surface area contributed by atoms with Gasteiger partial charge in [-0.05, 0) is 25.7 Å². The molecule has 0 rings (SSSR count). The Morgan fingerprint density at radius 2 is 1.20 bits per heavy atom. The van der Waals surface area contributed by atoms with Gasteiger partial charge in [0.15, 0.2) is 0 Å². The van der Waals surface area contributed by atoms with Crippen molar-refractivity contribution in [3.05, 3.63) is 0 Å². The molecule has 112 valence electrons. The summed E-state index contributed by atoms with van der Waals surface area (Å²) in [6.07, 6.45) is 11.8. The molecule has 1 N–H and O–H groups in total. The van der Waals surface area contributed by atoms with E-state index >= 15 is 0 Å². The monoisotopic (exact) mass is 276 g/mol. The lowest BCUT2D eigenvalue weighted by atomic mass is 10.1. The molecule has 0 fully saturated rings. The van der Waals surface area contributed by atoms with Crippen molar-refractivity contribution in [2.75, 3.05) is 0 Å². The van der Waals surface area contributed by atoms with Crippen molar-refractivity contribution in [3.8, 4) is 23.7 Å². The zero-order valence-electron chi connectivity index (χ0n) is 12.8. The van der Waals surface area contributed by atoms with Crippen LogP contribution in [0.25, 0.3) is 0 Å². The molecule has 0 aliphatic heterocycles. The molecular formula is C18H28O2. The van der Waals surface area contributed by atoms with E-state index in [1.165, 1.54) is 6.42 Å². The molecule has 20 heavy (non-hydrogen) atoms. The molecule has 0 aliphatic rings. The van der Waals surface area contributed by atoms with Crippen LogP contribution in [0.4, 0.5) is 0 Å². The Kier molecular flexibility index (Phi) is 14.5. The van der Waals surface area contributed by atoms with Crippen LogP contribution >= 0.6 is 0 Å². The molecule has 0 atom stereocenters. The van der Waals surface area contributed by atoms with Gasteiger partial charge in [0.25, 0.3) is 0 Å². The van der Waals surface area contributed by atoms with E-state index in [-0.39, 0.29) is 0 Å². The predicted molar refractivity (Wildman–Crippen MR) is 84.3 cm³/mol. The van der Waals surface area contributed by atoms with Gasteiger partial charge in [0.2, 0.25) is 0 Å². The maximum Gasteiger partial charge on any atom is 0.303 e. The summed E-state index contributed by atoms with van der Waals surface area (Å²) in [4.78, 5) is 10.3. The van der Waals surface area contributed by atoms with Gasteiger partial charge in [-0.2, -0.15) is 0 Å². The first kappa shape index (κ1) is 18.6. The third-order valence-electron chi connectivity index (χ3n) is 2.97. The van der Waals surface area contributed by atoms with Crippen molar-refractivity contribution in [2.45, 2.75) is 84.0 Å². The topological polar surface area (TPSA) is 37.3 Å². The summed E-state index contributed by atoms with van der Waals surface area (Å²) in [5, 5.41) is 8.49. The maximum absolute atomic E-state index is 10.3. The van der Waals surface area contributed by atoms with Crippen molar-refractivity contribution < 1.29 is 9.90 Å². The van der Waals surface area contributed by atoms with E-state index in [0.717, 1.165) is 64.2 Å². The first-order valence-electron chi connectivity index (χ1n) is 7.90. The highest BCUT2D eigenvalue weighted by atomic mass is 16.4. The van der Waals surface area contributed by atoms with Gasteiger partial charge in [-0.15, -0.1) is 23.7 Å². The van der Waals surface area contributed by atoms with Crippen LogP contribution in [-0.4, -0.2) is 11.1 Å². The number of hydrogen-bond acceptors (Lipinski definition) is 1. The van der Waals surface area contributed by atoms with E-state index in [4.69, 9.17) is 5.11 Å². The fraction of sp³-hybridized carbons (Fsp3) is 0.722. The van der Waals surface area contributed by atoms with Crippen LogP contribution in [0, 0.1) is 23.7 Å². The molecule has 0 unspecified atom stereocenters. The molecule has 0 aromatic rings. The van der Waals surface area contributed by atoms with Gasteiger partial charge in [-0.3, -0.25) is 4.79 Å². The Bertz CT molecular complexity index is 349. The van der Waals surface area contributed by atoms with Gasteiger partial charge < -0.3 is 5.11 Å². The zero-order valence-corrected chi connectivity index (χ0v) is 12.8. The number of aliphatic carboxylic acids is 1. The van der Waals surface area contributed by atoms with Crippen molar-refractivity contribution >= 4 is 5.97 Å². The molecule has 0 aromatic carbocycles. The summed E-state index contributed by atoms with van der Waals surface area (Å²) < 4.78 is 0. The second kappa shape index (κ2) is 15.6. The minimum Gasteiger partial charge on any atom is -0.481 e. The average Bonchev–Trinajstić information content (AvgIpc) is 2.43. The summed E-state index contributed by atoms with van der Waals surface area (Å²) in [6, 6.07) is 0. The molecule has 2 nitrogen and oxygen atoms in total. The summed E-state index contributed by atoms with van der Waals surface area (Å²) >= 11 is 0. The first-order chi connectivity index (χ1) is 9.77. The maximum atomic E-state index is 10.3. The van der Waals surface area contributed by atoms with E-state index in [2.05, 4.69) is 30.6 Å². The molecule has 0 spiro atoms. The Morgan fingerprint density at radius 3 is 1.75 bits per heavy atom. The SMILES string of the molecule is CCC#CCCCCC#CCCCCCCCC(=O)O. The molecular weight excluding hydrogens is 248 g/mol. The van der Waals surface area contributed by atoms with E-state index in [0.29, 0.717) is 6.42 Å². The standard InChI is InChI=1S/C18H28O2/c1-2-3-4-5-6-7-8-9-10-11-12-13-14-15-16-17-18(19)20/h2,5-8,11-17H2,1H3,(H,19,20). The molecule has 0 amide bonds. The lowest BCUT2D eigenvalue weighted by Gasteiger charge is -1.97. The molecule has 0 aromatic heterocycles. The third kappa shape index (κ3) is 16.6. The zero-order chi connectivity index (χ0) is 14.9. The second-order valence-electron chi connectivity index (χ2n) is 4.93. The molecule has 0 aliphatic carbocycles. The van der Waals surface area contributed by atoms with Crippen LogP contribution in [0.3, 0.4) is 0 Å². The van der Waals surface area contributed by atoms with Crippen LogP contribution in [0.15, 0.2) is 0 Å². The summed E-state index contributed by atoms with van der Waals surface area (Å²) in [5.41, 5.74) is 0. The largest absolute Gasteiger partial charge is 0.481 e. The second-order valence-corrected chi connectivity index (χ2v) is 4.93. The summed E-state index contributed by atoms with van der Waals surface area (Å²) in [6.45, 7) is 2.07. The van der Waals surface area contributed by atoms with Crippen molar-refractivity contribution in [1.29, 1.82) is 0 Å². The van der Waals surface area contributed by atoms with Crippen molar-refractivity contribution in [1.82, 2.24) is 0 Å². The quantitative estimate of drug-likeness (QED) is 0.460. The smallest absolute Gasteiger partial charge is 0.303 e. The summed E-state index contributed by atoms with van der Waals surface area (Å²) in [7, 11) is 0. The van der Waals surface area contributed by atoms with Gasteiger partial charge in [-0.25, -0.2) is 0 Å². The fourth-order valence-electron chi connectivity index (χ4n) is 1.84. The van der Waals surface area contributed by atoms with E-state index in [1.807, 2.05) is 0 Å². The minimum atomic E-state index is -0.684. The molecule has 0 bridgehead atoms. The van der Waals surface area contributed by atoms with Crippen LogP contribution in [-0.2, 0) is 4.79 Å². The lowest BCUT2D eigenvalue weighted by molar-refractivity contribution is -0.137. The molecule has 2 heteroatoms. The normalized spacial score (nSPS) is 9.25. The van der Waals surface area contributed by atoms with Gasteiger partial charge in [0.1, 0.15) is 0 Å². The van der Waals surface area contributed by atoms with Crippen molar-refractivity contribution in [3.63, 3.8) is 0 Å². The number of carboxylic acids is 1. The van der Waals surface area contributed by atoms with Crippen LogP contribution in [0.2, 0.25) is 0 Å². The lowest BCUT2D eigenvalue weighted by Crippen LogP contribution is -1.93. The first-order valence-corrected chi connectivity index (χ1v) is 7.90. The minimum absolute atomic E-state index is 0.308. The highest BCUT2D eigenvalue weighted by Gasteiger charge is 1.95. The Labute approximate surface area is 124 Å². The van der Waals surface area contributed by atoms with Gasteiger partial charge >= 0.3 is 5.97 Å². The van der Waals surface area contributed by atoms with Crippen LogP contribution in [0.1, 0.15) is 84.0 Å². The van der Waals surface area contributed by atoms with Crippen molar-refractivity contribution in [2.24, 2.45) is 0 Å². The number of hydrogen-bond donors (Lipinski definition) is 1. The molecule has 0 saturated heterocycles. The number of unbranched alkanes of at least 4 members (excludes halogenated alkanes) is 8. The van der Waals surface area contributed by atoms with Gasteiger partial charge in [0.05, 0.1) is 0 Å². The predicted octanol–water partition coefficient (Wildman–Crippen LogP) is 4.78. The van der Waals surface area contributed by atoms with Gasteiger partial charge in [0, 0.05) is 32.1 Å². The van der Waals surface area contributed by atoms with Gasteiger partial charge in [-0.1, -0.05) is 26.2 Å². The number of carbonyl (C=O) groups is 1. The van der Waals surface area contributed by atoms with Crippen LogP contribution in [0.5, 0.6) is 0 Å². The van der Waals surface area contributed by atoms with E-state index in [1.54, 1.807) is 0 Å². The number of carboxylic acid groups (broad SMARTS) is 1. The Hall–Kier alpha value is -1.41. The highest BCUT2D eigenvalue weighted by Crippen LogP contribution is 2.06. The van der Waals surface area contributed by atoms with E-state index in [9.17, 15) is 4.79 Å². The number of rotatable bonds is 10.